The maximum atomic E-state index is 11.8. The summed E-state index contributed by atoms with van der Waals surface area (Å²) in [6.45, 7) is 5.67. The molecule has 0 radical (unpaired) electrons. The Kier molecular flexibility index (Phi) is 4.69. The lowest BCUT2D eigenvalue weighted by Gasteiger charge is -2.19. The minimum absolute atomic E-state index is 0.188. The van der Waals surface area contributed by atoms with E-state index >= 15 is 0 Å². The summed E-state index contributed by atoms with van der Waals surface area (Å²) in [6.07, 6.45) is 0. The van der Waals surface area contributed by atoms with Crippen LogP contribution in [0.5, 0.6) is 0 Å². The molecule has 1 heterocycles. The predicted molar refractivity (Wildman–Crippen MR) is 66.8 cm³/mol. The van der Waals surface area contributed by atoms with Crippen LogP contribution in [0.3, 0.4) is 0 Å². The third-order valence-corrected chi connectivity index (χ3v) is 3.71. The molecule has 0 aliphatic rings. The first-order valence-electron chi connectivity index (χ1n) is 5.50. The van der Waals surface area contributed by atoms with Gasteiger partial charge in [-0.05, 0) is 17.4 Å². The van der Waals surface area contributed by atoms with Crippen molar-refractivity contribution in [3.8, 4) is 0 Å². The number of carboxylic acids is 1. The Morgan fingerprint density at radius 3 is 2.41 bits per heavy atom. The zero-order valence-corrected chi connectivity index (χ0v) is 11.0. The Balaban J connectivity index is 2.76. The molecular formula is C12H17NO3S. The summed E-state index contributed by atoms with van der Waals surface area (Å²) in [6, 6.07) is 2.54. The van der Waals surface area contributed by atoms with Crippen LogP contribution < -0.4 is 5.32 Å². The van der Waals surface area contributed by atoms with Gasteiger partial charge in [0, 0.05) is 10.8 Å². The molecule has 1 aromatic rings. The van der Waals surface area contributed by atoms with E-state index in [0.717, 1.165) is 0 Å². The molecule has 0 aromatic carbocycles. The summed E-state index contributed by atoms with van der Waals surface area (Å²) < 4.78 is 0. The van der Waals surface area contributed by atoms with Gasteiger partial charge in [0.1, 0.15) is 0 Å². The molecule has 94 valence electrons. The Morgan fingerprint density at radius 2 is 2.00 bits per heavy atom. The van der Waals surface area contributed by atoms with Crippen molar-refractivity contribution in [2.45, 2.75) is 26.8 Å². The van der Waals surface area contributed by atoms with Crippen LogP contribution in [-0.2, 0) is 9.59 Å². The van der Waals surface area contributed by atoms with Gasteiger partial charge in [0.05, 0.1) is 0 Å². The van der Waals surface area contributed by atoms with Crippen LogP contribution in [0.15, 0.2) is 17.5 Å². The largest absolute Gasteiger partial charge is 0.479 e. The standard InChI is InChI=1S/C12H17NO3S/c1-7(2)8(3)11(14)13-10(12(15)16)9-5-4-6-17-9/h4-8,10H,1-3H3,(H,13,14)(H,15,16). The van der Waals surface area contributed by atoms with Crippen LogP contribution >= 0.6 is 11.3 Å². The fraction of sp³-hybridized carbons (Fsp3) is 0.500. The summed E-state index contributed by atoms with van der Waals surface area (Å²) in [5.41, 5.74) is 0. The van der Waals surface area contributed by atoms with Gasteiger partial charge in [-0.3, -0.25) is 4.79 Å². The van der Waals surface area contributed by atoms with Gasteiger partial charge in [-0.25, -0.2) is 4.79 Å². The maximum Gasteiger partial charge on any atom is 0.331 e. The maximum absolute atomic E-state index is 11.8. The van der Waals surface area contributed by atoms with E-state index in [4.69, 9.17) is 5.11 Å². The lowest BCUT2D eigenvalue weighted by Crippen LogP contribution is -2.38. The fourth-order valence-corrected chi connectivity index (χ4v) is 2.05. The summed E-state index contributed by atoms with van der Waals surface area (Å²) in [7, 11) is 0. The highest BCUT2D eigenvalue weighted by Gasteiger charge is 2.26. The molecule has 0 spiro atoms. The predicted octanol–water partition coefficient (Wildman–Crippen LogP) is 2.28. The SMILES string of the molecule is CC(C)C(C)C(=O)NC(C(=O)O)c1cccs1. The first-order chi connectivity index (χ1) is 7.93. The molecule has 4 nitrogen and oxygen atoms in total. The van der Waals surface area contributed by atoms with Crippen molar-refractivity contribution in [1.29, 1.82) is 0 Å². The molecule has 2 unspecified atom stereocenters. The molecular weight excluding hydrogens is 238 g/mol. The van der Waals surface area contributed by atoms with Gasteiger partial charge in [-0.15, -0.1) is 11.3 Å². The molecule has 5 heteroatoms. The number of nitrogens with one attached hydrogen (secondary N) is 1. The van der Waals surface area contributed by atoms with E-state index < -0.39 is 12.0 Å². The number of thiophene rings is 1. The van der Waals surface area contributed by atoms with Crippen LogP contribution in [0.1, 0.15) is 31.7 Å². The number of carbonyl (C=O) groups is 2. The Bertz CT molecular complexity index is 386. The van der Waals surface area contributed by atoms with Gasteiger partial charge in [-0.2, -0.15) is 0 Å². The van der Waals surface area contributed by atoms with E-state index in [2.05, 4.69) is 5.32 Å². The van der Waals surface area contributed by atoms with Crippen molar-refractivity contribution in [2.75, 3.05) is 0 Å². The molecule has 0 aliphatic carbocycles. The zero-order chi connectivity index (χ0) is 13.0. The molecule has 0 bridgehead atoms. The van der Waals surface area contributed by atoms with E-state index in [0.29, 0.717) is 4.88 Å². The molecule has 17 heavy (non-hydrogen) atoms. The highest BCUT2D eigenvalue weighted by Crippen LogP contribution is 2.20. The van der Waals surface area contributed by atoms with Crippen molar-refractivity contribution in [2.24, 2.45) is 11.8 Å². The van der Waals surface area contributed by atoms with Gasteiger partial charge in [-0.1, -0.05) is 26.8 Å². The minimum atomic E-state index is -1.03. The molecule has 1 amide bonds. The van der Waals surface area contributed by atoms with Crippen LogP contribution in [0, 0.1) is 11.8 Å². The molecule has 2 atom stereocenters. The van der Waals surface area contributed by atoms with Gasteiger partial charge in [0.15, 0.2) is 6.04 Å². The van der Waals surface area contributed by atoms with E-state index in [1.54, 1.807) is 24.4 Å². The topological polar surface area (TPSA) is 66.4 Å². The van der Waals surface area contributed by atoms with Gasteiger partial charge in [0.2, 0.25) is 5.91 Å². The van der Waals surface area contributed by atoms with Crippen LogP contribution in [-0.4, -0.2) is 17.0 Å². The second-order valence-corrected chi connectivity index (χ2v) is 5.31. The Labute approximate surface area is 105 Å². The number of amides is 1. The second-order valence-electron chi connectivity index (χ2n) is 4.33. The average Bonchev–Trinajstić information content (AvgIpc) is 2.76. The quantitative estimate of drug-likeness (QED) is 0.848. The summed E-state index contributed by atoms with van der Waals surface area (Å²) >= 11 is 1.33. The number of hydrogen-bond acceptors (Lipinski definition) is 3. The second kappa shape index (κ2) is 5.82. The van der Waals surface area contributed by atoms with Gasteiger partial charge < -0.3 is 10.4 Å². The van der Waals surface area contributed by atoms with E-state index in [9.17, 15) is 9.59 Å². The number of aliphatic carboxylic acids is 1. The zero-order valence-electron chi connectivity index (χ0n) is 10.1. The normalized spacial score (nSPS) is 14.4. The number of rotatable bonds is 5. The van der Waals surface area contributed by atoms with Gasteiger partial charge >= 0.3 is 5.97 Å². The van der Waals surface area contributed by atoms with Crippen molar-refractivity contribution < 1.29 is 14.7 Å². The lowest BCUT2D eigenvalue weighted by atomic mass is 9.97. The first-order valence-corrected chi connectivity index (χ1v) is 6.38. The number of carboxylic acid groups (broad SMARTS) is 1. The Morgan fingerprint density at radius 1 is 1.35 bits per heavy atom. The molecule has 0 fully saturated rings. The molecule has 1 rings (SSSR count). The van der Waals surface area contributed by atoms with E-state index in [-0.39, 0.29) is 17.7 Å². The van der Waals surface area contributed by atoms with Crippen LogP contribution in [0.4, 0.5) is 0 Å². The third-order valence-electron chi connectivity index (χ3n) is 2.77. The van der Waals surface area contributed by atoms with Crippen molar-refractivity contribution in [1.82, 2.24) is 5.32 Å². The number of carbonyl (C=O) groups excluding carboxylic acids is 1. The molecule has 0 aliphatic heterocycles. The highest BCUT2D eigenvalue weighted by atomic mass is 32.1. The fourth-order valence-electron chi connectivity index (χ4n) is 1.29. The minimum Gasteiger partial charge on any atom is -0.479 e. The third kappa shape index (κ3) is 3.56. The summed E-state index contributed by atoms with van der Waals surface area (Å²) in [4.78, 5) is 23.6. The average molecular weight is 255 g/mol. The molecule has 0 saturated carbocycles. The lowest BCUT2D eigenvalue weighted by molar-refractivity contribution is -0.142. The first kappa shape index (κ1) is 13.7. The van der Waals surface area contributed by atoms with E-state index in [1.165, 1.54) is 11.3 Å². The van der Waals surface area contributed by atoms with Gasteiger partial charge in [0.25, 0.3) is 0 Å². The van der Waals surface area contributed by atoms with Crippen LogP contribution in [0.25, 0.3) is 0 Å². The monoisotopic (exact) mass is 255 g/mol. The Hall–Kier alpha value is -1.36. The highest BCUT2D eigenvalue weighted by molar-refractivity contribution is 7.10. The molecule has 2 N–H and O–H groups in total. The summed E-state index contributed by atoms with van der Waals surface area (Å²) in [5.74, 6) is -1.26. The van der Waals surface area contributed by atoms with Crippen molar-refractivity contribution >= 4 is 23.2 Å². The molecule has 1 aromatic heterocycles. The summed E-state index contributed by atoms with van der Waals surface area (Å²) in [5, 5.41) is 13.5. The van der Waals surface area contributed by atoms with Crippen LogP contribution in [0.2, 0.25) is 0 Å². The smallest absolute Gasteiger partial charge is 0.331 e. The van der Waals surface area contributed by atoms with E-state index in [1.807, 2.05) is 13.8 Å². The molecule has 0 saturated heterocycles. The van der Waals surface area contributed by atoms with Crippen molar-refractivity contribution in [3.05, 3.63) is 22.4 Å². The van der Waals surface area contributed by atoms with Crippen molar-refractivity contribution in [3.63, 3.8) is 0 Å². The number of hydrogen-bond donors (Lipinski definition) is 2.